The van der Waals surface area contributed by atoms with E-state index in [9.17, 15) is 0 Å². The van der Waals surface area contributed by atoms with Crippen LogP contribution in [0.25, 0.3) is 11.1 Å². The molecule has 2 aromatic rings. The number of hydrogen-bond acceptors (Lipinski definition) is 1. The molecule has 0 radical (unpaired) electrons. The average molecular weight is 251 g/mol. The molecule has 2 aromatic carbocycles. The smallest absolute Gasteiger partial charge is 0.00173 e. The maximum Gasteiger partial charge on any atom is -0.00173 e. The van der Waals surface area contributed by atoms with Gasteiger partial charge in [-0.05, 0) is 48.0 Å². The molecule has 2 atom stereocenters. The molecule has 1 nitrogen and oxygen atoms in total. The van der Waals surface area contributed by atoms with Gasteiger partial charge in [0.15, 0.2) is 0 Å². The molecule has 1 N–H and O–H groups in total. The lowest BCUT2D eigenvalue weighted by Gasteiger charge is -2.30. The van der Waals surface area contributed by atoms with Gasteiger partial charge in [-0.1, -0.05) is 61.5 Å². The summed E-state index contributed by atoms with van der Waals surface area (Å²) in [6, 6.07) is 19.7. The Morgan fingerprint density at radius 1 is 0.947 bits per heavy atom. The molecule has 1 heteroatoms. The minimum Gasteiger partial charge on any atom is -0.316 e. The van der Waals surface area contributed by atoms with Gasteiger partial charge >= 0.3 is 0 Å². The normalized spacial score (nSPS) is 23.2. The van der Waals surface area contributed by atoms with Gasteiger partial charge in [-0.15, -0.1) is 0 Å². The van der Waals surface area contributed by atoms with Crippen molar-refractivity contribution < 1.29 is 0 Å². The largest absolute Gasteiger partial charge is 0.316 e. The predicted octanol–water partition coefficient (Wildman–Crippen LogP) is 4.07. The fourth-order valence-electron chi connectivity index (χ4n) is 3.09. The molecule has 0 aliphatic carbocycles. The van der Waals surface area contributed by atoms with Crippen molar-refractivity contribution in [1.82, 2.24) is 5.32 Å². The van der Waals surface area contributed by atoms with Crippen LogP contribution < -0.4 is 5.32 Å². The van der Waals surface area contributed by atoms with Crippen molar-refractivity contribution in [3.63, 3.8) is 0 Å². The first-order valence-electron chi connectivity index (χ1n) is 7.21. The molecule has 1 saturated heterocycles. The highest BCUT2D eigenvalue weighted by atomic mass is 14.9. The molecule has 0 aromatic heterocycles. The Labute approximate surface area is 115 Å². The van der Waals surface area contributed by atoms with E-state index < -0.39 is 0 Å². The van der Waals surface area contributed by atoms with E-state index in [0.29, 0.717) is 5.92 Å². The first-order valence-corrected chi connectivity index (χ1v) is 7.21. The van der Waals surface area contributed by atoms with Gasteiger partial charge in [-0.3, -0.25) is 0 Å². The zero-order chi connectivity index (χ0) is 13.1. The Morgan fingerprint density at radius 2 is 1.74 bits per heavy atom. The molecule has 0 saturated carbocycles. The van der Waals surface area contributed by atoms with Crippen LogP contribution in [0.15, 0.2) is 54.6 Å². The molecule has 0 spiro atoms. The van der Waals surface area contributed by atoms with Crippen LogP contribution in [0.3, 0.4) is 0 Å². The lowest BCUT2D eigenvalue weighted by atomic mass is 9.81. The third-order valence-electron chi connectivity index (χ3n) is 4.21. The summed E-state index contributed by atoms with van der Waals surface area (Å²) in [6.45, 7) is 4.64. The van der Waals surface area contributed by atoms with Crippen LogP contribution in [0.5, 0.6) is 0 Å². The van der Waals surface area contributed by atoms with Gasteiger partial charge in [0.2, 0.25) is 0 Å². The van der Waals surface area contributed by atoms with E-state index in [1.807, 2.05) is 0 Å². The number of rotatable bonds is 2. The summed E-state index contributed by atoms with van der Waals surface area (Å²) in [4.78, 5) is 0. The zero-order valence-corrected chi connectivity index (χ0v) is 11.5. The van der Waals surface area contributed by atoms with Gasteiger partial charge in [-0.25, -0.2) is 0 Å². The van der Waals surface area contributed by atoms with Gasteiger partial charge in [0.05, 0.1) is 0 Å². The van der Waals surface area contributed by atoms with Crippen LogP contribution in [-0.4, -0.2) is 13.1 Å². The van der Waals surface area contributed by atoms with Crippen molar-refractivity contribution in [2.45, 2.75) is 19.3 Å². The maximum atomic E-state index is 3.48. The van der Waals surface area contributed by atoms with Crippen molar-refractivity contribution in [3.8, 4) is 11.1 Å². The summed E-state index contributed by atoms with van der Waals surface area (Å²) < 4.78 is 0. The lowest BCUT2D eigenvalue weighted by molar-refractivity contribution is 0.349. The second-order valence-electron chi connectivity index (χ2n) is 5.57. The fraction of sp³-hybridized carbons (Fsp3) is 0.333. The number of hydrogen-bond donors (Lipinski definition) is 1. The Hall–Kier alpha value is -1.60. The Bertz CT molecular complexity index is 532. The minimum absolute atomic E-state index is 0.699. The van der Waals surface area contributed by atoms with Crippen LogP contribution in [0.1, 0.15) is 24.8 Å². The summed E-state index contributed by atoms with van der Waals surface area (Å²) in [7, 11) is 0. The Morgan fingerprint density at radius 3 is 2.53 bits per heavy atom. The Kier molecular flexibility index (Phi) is 3.65. The van der Waals surface area contributed by atoms with Crippen LogP contribution in [0.2, 0.25) is 0 Å². The predicted molar refractivity (Wildman–Crippen MR) is 81.3 cm³/mol. The number of piperidine rings is 1. The van der Waals surface area contributed by atoms with Crippen LogP contribution >= 0.6 is 0 Å². The summed E-state index contributed by atoms with van der Waals surface area (Å²) in [5.41, 5.74) is 4.14. The molecular weight excluding hydrogens is 230 g/mol. The van der Waals surface area contributed by atoms with Crippen molar-refractivity contribution in [2.24, 2.45) is 5.92 Å². The SMILES string of the molecule is CC1CNCCC1c1cccc(-c2ccccc2)c1. The highest BCUT2D eigenvalue weighted by Crippen LogP contribution is 2.32. The minimum atomic E-state index is 0.699. The van der Waals surface area contributed by atoms with Gasteiger partial charge in [0, 0.05) is 0 Å². The molecule has 2 unspecified atom stereocenters. The van der Waals surface area contributed by atoms with Crippen molar-refractivity contribution in [2.75, 3.05) is 13.1 Å². The van der Waals surface area contributed by atoms with Crippen molar-refractivity contribution in [1.29, 1.82) is 0 Å². The van der Waals surface area contributed by atoms with E-state index in [4.69, 9.17) is 0 Å². The molecule has 98 valence electrons. The summed E-state index contributed by atoms with van der Waals surface area (Å²) in [6.07, 6.45) is 1.25. The van der Waals surface area contributed by atoms with Crippen LogP contribution in [0.4, 0.5) is 0 Å². The third-order valence-corrected chi connectivity index (χ3v) is 4.21. The van der Waals surface area contributed by atoms with Crippen LogP contribution in [0, 0.1) is 5.92 Å². The molecule has 1 fully saturated rings. The van der Waals surface area contributed by atoms with Crippen molar-refractivity contribution >= 4 is 0 Å². The molecular formula is C18H21N. The van der Waals surface area contributed by atoms with Gasteiger partial charge in [-0.2, -0.15) is 0 Å². The standard InChI is InChI=1S/C18H21N/c1-14-13-19-11-10-18(14)17-9-5-8-16(12-17)15-6-3-2-4-7-15/h2-9,12,14,18-19H,10-11,13H2,1H3. The van der Waals surface area contributed by atoms with Gasteiger partial charge in [0.1, 0.15) is 0 Å². The summed E-state index contributed by atoms with van der Waals surface area (Å²) >= 11 is 0. The van der Waals surface area contributed by atoms with E-state index in [2.05, 4.69) is 66.8 Å². The molecule has 1 aliphatic rings. The first kappa shape index (κ1) is 12.4. The third kappa shape index (κ3) is 2.71. The molecule has 19 heavy (non-hydrogen) atoms. The highest BCUT2D eigenvalue weighted by Gasteiger charge is 2.22. The summed E-state index contributed by atoms with van der Waals surface area (Å²) in [5.74, 6) is 1.42. The highest BCUT2D eigenvalue weighted by molar-refractivity contribution is 5.64. The molecule has 1 aliphatic heterocycles. The van der Waals surface area contributed by atoms with E-state index in [-0.39, 0.29) is 0 Å². The van der Waals surface area contributed by atoms with Gasteiger partial charge in [0.25, 0.3) is 0 Å². The lowest BCUT2D eigenvalue weighted by Crippen LogP contribution is -2.33. The maximum absolute atomic E-state index is 3.48. The molecule has 1 heterocycles. The van der Waals surface area contributed by atoms with E-state index in [1.54, 1.807) is 0 Å². The van der Waals surface area contributed by atoms with E-state index in [1.165, 1.54) is 23.1 Å². The fourth-order valence-corrected chi connectivity index (χ4v) is 3.09. The van der Waals surface area contributed by atoms with Crippen LogP contribution in [-0.2, 0) is 0 Å². The molecule has 0 bridgehead atoms. The molecule has 3 rings (SSSR count). The first-order chi connectivity index (χ1) is 9.34. The van der Waals surface area contributed by atoms with E-state index >= 15 is 0 Å². The summed E-state index contributed by atoms with van der Waals surface area (Å²) in [5, 5.41) is 3.48. The Balaban J connectivity index is 1.91. The quantitative estimate of drug-likeness (QED) is 0.848. The topological polar surface area (TPSA) is 12.0 Å². The number of nitrogens with one attached hydrogen (secondary N) is 1. The number of benzene rings is 2. The second-order valence-corrected chi connectivity index (χ2v) is 5.57. The van der Waals surface area contributed by atoms with Crippen molar-refractivity contribution in [3.05, 3.63) is 60.2 Å². The zero-order valence-electron chi connectivity index (χ0n) is 11.5. The van der Waals surface area contributed by atoms with E-state index in [0.717, 1.165) is 19.0 Å². The van der Waals surface area contributed by atoms with Gasteiger partial charge < -0.3 is 5.32 Å². The monoisotopic (exact) mass is 251 g/mol. The average Bonchev–Trinajstić information content (AvgIpc) is 2.49. The second kappa shape index (κ2) is 5.58. The molecule has 0 amide bonds.